The second-order valence-electron chi connectivity index (χ2n) is 5.71. The molecule has 8 heteroatoms. The topological polar surface area (TPSA) is 79.6 Å². The van der Waals surface area contributed by atoms with Gasteiger partial charge in [0.1, 0.15) is 0 Å². The zero-order valence-electron chi connectivity index (χ0n) is 15.2. The highest BCUT2D eigenvalue weighted by Crippen LogP contribution is 2.27. The normalized spacial score (nSPS) is 11.2. The summed E-state index contributed by atoms with van der Waals surface area (Å²) in [6.45, 7) is 5.73. The number of carbonyl (C=O) groups excluding carboxylic acids is 2. The van der Waals surface area contributed by atoms with Crippen LogP contribution >= 0.6 is 12.4 Å². The summed E-state index contributed by atoms with van der Waals surface area (Å²) >= 11 is 0. The zero-order valence-corrected chi connectivity index (χ0v) is 16.0. The Morgan fingerprint density at radius 2 is 1.96 bits per heavy atom. The van der Waals surface area contributed by atoms with Crippen molar-refractivity contribution in [1.82, 2.24) is 9.55 Å². The van der Waals surface area contributed by atoms with Crippen LogP contribution in [0.3, 0.4) is 0 Å². The van der Waals surface area contributed by atoms with Crippen LogP contribution in [0.15, 0.2) is 30.7 Å². The zero-order chi connectivity index (χ0) is 18.4. The van der Waals surface area contributed by atoms with Crippen LogP contribution in [0.2, 0.25) is 0 Å². The van der Waals surface area contributed by atoms with Gasteiger partial charge in [-0.05, 0) is 30.5 Å². The number of methoxy groups -OCH3 is 1. The summed E-state index contributed by atoms with van der Waals surface area (Å²) in [6.07, 6.45) is 2.47. The summed E-state index contributed by atoms with van der Waals surface area (Å²) in [5, 5.41) is 0. The van der Waals surface area contributed by atoms with E-state index in [1.807, 2.05) is 12.3 Å². The van der Waals surface area contributed by atoms with Crippen molar-refractivity contribution in [2.75, 3.05) is 13.7 Å². The SMILES string of the molecule is COC(=O)COC(=O)OCn1cnc([C@@H](C)c2cccc(C)c2C)c1.Cl. The molecule has 2 aromatic rings. The minimum Gasteiger partial charge on any atom is -0.466 e. The maximum Gasteiger partial charge on any atom is 0.510 e. The number of aromatic nitrogens is 2. The molecule has 0 spiro atoms. The van der Waals surface area contributed by atoms with E-state index in [0.29, 0.717) is 0 Å². The molecule has 7 nitrogen and oxygen atoms in total. The number of ether oxygens (including phenoxy) is 3. The van der Waals surface area contributed by atoms with Crippen molar-refractivity contribution in [2.24, 2.45) is 0 Å². The maximum atomic E-state index is 11.4. The van der Waals surface area contributed by atoms with E-state index >= 15 is 0 Å². The van der Waals surface area contributed by atoms with E-state index in [0.717, 1.165) is 5.69 Å². The van der Waals surface area contributed by atoms with Crippen molar-refractivity contribution >= 4 is 24.5 Å². The number of benzene rings is 1. The first-order chi connectivity index (χ1) is 11.9. The van der Waals surface area contributed by atoms with E-state index in [9.17, 15) is 9.59 Å². The van der Waals surface area contributed by atoms with Crippen LogP contribution in [0.4, 0.5) is 4.79 Å². The van der Waals surface area contributed by atoms with Crippen molar-refractivity contribution in [3.05, 3.63) is 53.1 Å². The van der Waals surface area contributed by atoms with Crippen molar-refractivity contribution in [1.29, 1.82) is 0 Å². The Labute approximate surface area is 158 Å². The summed E-state index contributed by atoms with van der Waals surface area (Å²) in [5.41, 5.74) is 4.57. The number of rotatable bonds is 6. The molecule has 0 saturated carbocycles. The van der Waals surface area contributed by atoms with Crippen molar-refractivity contribution < 1.29 is 23.8 Å². The van der Waals surface area contributed by atoms with Crippen molar-refractivity contribution in [3.63, 3.8) is 0 Å². The lowest BCUT2D eigenvalue weighted by atomic mass is 9.92. The Morgan fingerprint density at radius 3 is 2.65 bits per heavy atom. The van der Waals surface area contributed by atoms with Gasteiger partial charge in [0, 0.05) is 12.1 Å². The summed E-state index contributed by atoms with van der Waals surface area (Å²) in [7, 11) is 1.21. The molecule has 0 fully saturated rings. The van der Waals surface area contributed by atoms with Gasteiger partial charge in [0.25, 0.3) is 0 Å². The standard InChI is InChI=1S/C18H22N2O5.ClH/c1-12-6-5-7-15(13(12)2)14(3)16-8-20(10-19-16)11-25-18(22)24-9-17(21)23-4;/h5-8,10,14H,9,11H2,1-4H3;1H/t14-;/m0./s1. The van der Waals surface area contributed by atoms with Crippen LogP contribution in [-0.2, 0) is 25.7 Å². The van der Waals surface area contributed by atoms with Gasteiger partial charge >= 0.3 is 12.1 Å². The van der Waals surface area contributed by atoms with Gasteiger partial charge < -0.3 is 18.8 Å². The predicted molar refractivity (Wildman–Crippen MR) is 97.4 cm³/mol. The molecule has 0 unspecified atom stereocenters. The molecule has 0 bridgehead atoms. The van der Waals surface area contributed by atoms with Gasteiger partial charge in [-0.25, -0.2) is 14.6 Å². The molecule has 1 atom stereocenters. The van der Waals surface area contributed by atoms with Gasteiger partial charge in [-0.15, -0.1) is 12.4 Å². The van der Waals surface area contributed by atoms with Gasteiger partial charge in [0.2, 0.25) is 0 Å². The van der Waals surface area contributed by atoms with Crippen LogP contribution < -0.4 is 0 Å². The highest BCUT2D eigenvalue weighted by Gasteiger charge is 2.15. The minimum absolute atomic E-state index is 0. The Morgan fingerprint density at radius 1 is 1.23 bits per heavy atom. The average molecular weight is 383 g/mol. The number of nitrogens with zero attached hydrogens (tertiary/aromatic N) is 2. The van der Waals surface area contributed by atoms with E-state index < -0.39 is 18.7 Å². The molecule has 0 aliphatic heterocycles. The number of carbonyl (C=O) groups is 2. The Hall–Kier alpha value is -2.54. The third kappa shape index (κ3) is 5.49. The van der Waals surface area contributed by atoms with Crippen LogP contribution in [0.5, 0.6) is 0 Å². The number of esters is 1. The molecule has 1 aromatic heterocycles. The van der Waals surface area contributed by atoms with Gasteiger partial charge in [-0.1, -0.05) is 25.1 Å². The molecule has 0 aliphatic carbocycles. The highest BCUT2D eigenvalue weighted by atomic mass is 35.5. The van der Waals surface area contributed by atoms with Gasteiger partial charge in [-0.3, -0.25) is 0 Å². The fourth-order valence-electron chi connectivity index (χ4n) is 2.42. The highest BCUT2D eigenvalue weighted by molar-refractivity contribution is 5.85. The molecular weight excluding hydrogens is 360 g/mol. The lowest BCUT2D eigenvalue weighted by molar-refractivity contribution is -0.144. The number of imidazole rings is 1. The van der Waals surface area contributed by atoms with Crippen LogP contribution in [0, 0.1) is 13.8 Å². The lowest BCUT2D eigenvalue weighted by Gasteiger charge is -2.14. The van der Waals surface area contributed by atoms with Gasteiger partial charge in [-0.2, -0.15) is 0 Å². The predicted octanol–water partition coefficient (Wildman–Crippen LogP) is 3.36. The van der Waals surface area contributed by atoms with E-state index in [1.165, 1.54) is 23.8 Å². The molecule has 0 saturated heterocycles. The number of halogens is 1. The molecular formula is C18H23ClN2O5. The van der Waals surface area contributed by atoms with Crippen LogP contribution in [0.1, 0.15) is 35.2 Å². The monoisotopic (exact) mass is 382 g/mol. The summed E-state index contributed by atoms with van der Waals surface area (Å²) < 4.78 is 15.5. The molecule has 0 amide bonds. The summed E-state index contributed by atoms with van der Waals surface area (Å²) in [6, 6.07) is 6.20. The molecule has 1 aromatic carbocycles. The Bertz CT molecular complexity index is 760. The minimum atomic E-state index is -0.941. The molecule has 142 valence electrons. The molecule has 0 N–H and O–H groups in total. The van der Waals surface area contributed by atoms with Crippen LogP contribution in [-0.4, -0.2) is 35.4 Å². The van der Waals surface area contributed by atoms with E-state index in [4.69, 9.17) is 4.74 Å². The fourth-order valence-corrected chi connectivity index (χ4v) is 2.42. The number of aryl methyl sites for hydroxylation is 1. The summed E-state index contributed by atoms with van der Waals surface area (Å²) in [5.74, 6) is -0.531. The van der Waals surface area contributed by atoms with Crippen molar-refractivity contribution in [2.45, 2.75) is 33.4 Å². The van der Waals surface area contributed by atoms with Gasteiger partial charge in [0.05, 0.1) is 19.1 Å². The lowest BCUT2D eigenvalue weighted by Crippen LogP contribution is -2.16. The maximum absolute atomic E-state index is 11.4. The van der Waals surface area contributed by atoms with Crippen molar-refractivity contribution in [3.8, 4) is 0 Å². The summed E-state index contributed by atoms with van der Waals surface area (Å²) in [4.78, 5) is 26.7. The second-order valence-corrected chi connectivity index (χ2v) is 5.71. The van der Waals surface area contributed by atoms with E-state index in [2.05, 4.69) is 47.4 Å². The first-order valence-electron chi connectivity index (χ1n) is 7.86. The quantitative estimate of drug-likeness (QED) is 0.713. The largest absolute Gasteiger partial charge is 0.510 e. The molecule has 1 heterocycles. The first-order valence-corrected chi connectivity index (χ1v) is 7.86. The second kappa shape index (κ2) is 9.82. The molecule has 0 aliphatic rings. The molecule has 2 rings (SSSR count). The smallest absolute Gasteiger partial charge is 0.466 e. The van der Waals surface area contributed by atoms with Crippen LogP contribution in [0.25, 0.3) is 0 Å². The average Bonchev–Trinajstić information content (AvgIpc) is 3.08. The van der Waals surface area contributed by atoms with E-state index in [1.54, 1.807) is 10.9 Å². The third-order valence-corrected chi connectivity index (χ3v) is 4.08. The number of hydrogen-bond acceptors (Lipinski definition) is 6. The van der Waals surface area contributed by atoms with Gasteiger partial charge in [0.15, 0.2) is 13.3 Å². The fraction of sp³-hybridized carbons (Fsp3) is 0.389. The first kappa shape index (κ1) is 21.5. The molecule has 0 radical (unpaired) electrons. The third-order valence-electron chi connectivity index (χ3n) is 4.08. The Kier molecular flexibility index (Phi) is 8.12. The molecule has 26 heavy (non-hydrogen) atoms. The van der Waals surface area contributed by atoms with E-state index in [-0.39, 0.29) is 25.1 Å². The number of hydrogen-bond donors (Lipinski definition) is 0. The Balaban J connectivity index is 0.00000338.